The van der Waals surface area contributed by atoms with E-state index in [1.165, 1.54) is 26.0 Å². The van der Waals surface area contributed by atoms with Crippen molar-refractivity contribution < 1.29 is 19.1 Å². The molecule has 0 aliphatic carbocycles. The van der Waals surface area contributed by atoms with E-state index in [4.69, 9.17) is 32.7 Å². The number of methoxy groups -OCH3 is 2. The lowest BCUT2D eigenvalue weighted by Gasteiger charge is -2.17. The van der Waals surface area contributed by atoms with E-state index in [2.05, 4.69) is 5.32 Å². The fraction of sp³-hybridized carbons (Fsp3) is 0.0833. The topological polar surface area (TPSA) is 67.9 Å². The van der Waals surface area contributed by atoms with E-state index in [1.807, 2.05) is 30.3 Å². The van der Waals surface area contributed by atoms with Crippen LogP contribution < -0.4 is 19.7 Å². The lowest BCUT2D eigenvalue weighted by atomic mass is 10.2. The molecule has 0 aromatic heterocycles. The molecule has 0 unspecified atom stereocenters. The van der Waals surface area contributed by atoms with Crippen LogP contribution in [0.15, 0.2) is 82.2 Å². The molecular weight excluding hydrogens is 483 g/mol. The van der Waals surface area contributed by atoms with Crippen LogP contribution in [-0.4, -0.2) is 26.0 Å². The van der Waals surface area contributed by atoms with Gasteiger partial charge in [-0.25, -0.2) is 4.90 Å². The minimum Gasteiger partial charge on any atom is -0.497 e. The van der Waals surface area contributed by atoms with Crippen molar-refractivity contribution in [1.82, 2.24) is 0 Å². The van der Waals surface area contributed by atoms with Gasteiger partial charge in [0.15, 0.2) is 0 Å². The van der Waals surface area contributed by atoms with Crippen molar-refractivity contribution in [3.63, 3.8) is 0 Å². The Balaban J connectivity index is 1.81. The maximum atomic E-state index is 13.5. The highest BCUT2D eigenvalue weighted by atomic mass is 35.5. The molecule has 0 bridgehead atoms. The predicted molar refractivity (Wildman–Crippen MR) is 131 cm³/mol. The van der Waals surface area contributed by atoms with Crippen molar-refractivity contribution in [3.05, 3.63) is 87.4 Å². The number of ether oxygens (including phenoxy) is 2. The molecule has 1 heterocycles. The Hall–Kier alpha value is -3.13. The van der Waals surface area contributed by atoms with E-state index < -0.39 is 11.8 Å². The molecule has 3 aromatic carbocycles. The minimum atomic E-state index is -0.563. The van der Waals surface area contributed by atoms with E-state index in [0.29, 0.717) is 17.2 Å². The Morgan fingerprint density at radius 1 is 0.879 bits per heavy atom. The number of imide groups is 1. The first-order valence-electron chi connectivity index (χ1n) is 9.73. The lowest BCUT2D eigenvalue weighted by molar-refractivity contribution is -0.120. The molecule has 0 radical (unpaired) electrons. The average Bonchev–Trinajstić information content (AvgIpc) is 3.05. The quantitative estimate of drug-likeness (QED) is 0.401. The van der Waals surface area contributed by atoms with Gasteiger partial charge in [0.1, 0.15) is 22.1 Å². The summed E-state index contributed by atoms with van der Waals surface area (Å²) in [4.78, 5) is 29.1. The third-order valence-electron chi connectivity index (χ3n) is 4.84. The Morgan fingerprint density at radius 3 is 2.33 bits per heavy atom. The number of rotatable bonds is 7. The van der Waals surface area contributed by atoms with Crippen LogP contribution in [0.3, 0.4) is 0 Å². The zero-order valence-electron chi connectivity index (χ0n) is 17.6. The first-order chi connectivity index (χ1) is 15.9. The number of carbonyl (C=O) groups is 2. The van der Waals surface area contributed by atoms with E-state index in [9.17, 15) is 9.59 Å². The molecule has 1 N–H and O–H groups in total. The molecule has 0 spiro atoms. The van der Waals surface area contributed by atoms with Gasteiger partial charge in [0, 0.05) is 11.0 Å². The first kappa shape index (κ1) is 23.0. The number of nitrogens with one attached hydrogen (secondary N) is 1. The highest BCUT2D eigenvalue weighted by molar-refractivity contribution is 8.04. The fourth-order valence-corrected chi connectivity index (χ4v) is 4.58. The molecular formula is C24H18Cl2N2O4S. The van der Waals surface area contributed by atoms with Gasteiger partial charge in [-0.2, -0.15) is 0 Å². The molecule has 1 aliphatic heterocycles. The van der Waals surface area contributed by atoms with Crippen LogP contribution in [0.25, 0.3) is 0 Å². The number of carbonyl (C=O) groups excluding carboxylic acids is 2. The summed E-state index contributed by atoms with van der Waals surface area (Å²) in [5.74, 6) is -0.0376. The second-order valence-corrected chi connectivity index (χ2v) is 8.70. The van der Waals surface area contributed by atoms with Gasteiger partial charge in [-0.15, -0.1) is 0 Å². The normalized spacial score (nSPS) is 13.5. The number of thioether (sulfide) groups is 1. The maximum Gasteiger partial charge on any atom is 0.283 e. The van der Waals surface area contributed by atoms with Crippen molar-refractivity contribution in [1.29, 1.82) is 0 Å². The summed E-state index contributed by atoms with van der Waals surface area (Å²) in [7, 11) is 3.05. The number of hydrogen-bond donors (Lipinski definition) is 1. The Kier molecular flexibility index (Phi) is 6.83. The first-order valence-corrected chi connectivity index (χ1v) is 11.3. The molecule has 1 aliphatic rings. The molecule has 3 aromatic rings. The van der Waals surface area contributed by atoms with Gasteiger partial charge in [0.2, 0.25) is 0 Å². The predicted octanol–water partition coefficient (Wildman–Crippen LogP) is 6.00. The second-order valence-electron chi connectivity index (χ2n) is 6.83. The van der Waals surface area contributed by atoms with Crippen LogP contribution in [0.2, 0.25) is 10.0 Å². The monoisotopic (exact) mass is 500 g/mol. The summed E-state index contributed by atoms with van der Waals surface area (Å²) in [6.07, 6.45) is 0. The van der Waals surface area contributed by atoms with Gasteiger partial charge < -0.3 is 14.8 Å². The van der Waals surface area contributed by atoms with E-state index in [0.717, 1.165) is 9.80 Å². The maximum absolute atomic E-state index is 13.5. The summed E-state index contributed by atoms with van der Waals surface area (Å²) in [5.41, 5.74) is 0.773. The average molecular weight is 501 g/mol. The number of hydrogen-bond acceptors (Lipinski definition) is 6. The zero-order chi connectivity index (χ0) is 23.5. The molecule has 0 atom stereocenters. The number of amides is 2. The zero-order valence-corrected chi connectivity index (χ0v) is 19.9. The van der Waals surface area contributed by atoms with Gasteiger partial charge >= 0.3 is 0 Å². The van der Waals surface area contributed by atoms with Gasteiger partial charge in [-0.1, -0.05) is 59.2 Å². The van der Waals surface area contributed by atoms with Crippen LogP contribution in [0.4, 0.5) is 11.4 Å². The van der Waals surface area contributed by atoms with Crippen LogP contribution in [0.5, 0.6) is 11.5 Å². The molecule has 9 heteroatoms. The number of anilines is 2. The smallest absolute Gasteiger partial charge is 0.283 e. The van der Waals surface area contributed by atoms with Crippen LogP contribution in [-0.2, 0) is 9.59 Å². The van der Waals surface area contributed by atoms with Crippen molar-refractivity contribution in [2.75, 3.05) is 24.4 Å². The van der Waals surface area contributed by atoms with Gasteiger partial charge in [0.05, 0.1) is 35.6 Å². The summed E-state index contributed by atoms with van der Waals surface area (Å²) < 4.78 is 10.7. The Morgan fingerprint density at radius 2 is 1.64 bits per heavy atom. The largest absolute Gasteiger partial charge is 0.497 e. The van der Waals surface area contributed by atoms with Crippen molar-refractivity contribution >= 4 is 58.2 Å². The van der Waals surface area contributed by atoms with Crippen LogP contribution in [0.1, 0.15) is 0 Å². The third-order valence-corrected chi connectivity index (χ3v) is 6.74. The molecule has 4 rings (SSSR count). The molecule has 168 valence electrons. The SMILES string of the molecule is COc1ccc(OC)c(NC2=C(Sc3ccccc3)C(=O)N(c3cccc(Cl)c3Cl)C2=O)c1. The van der Waals surface area contributed by atoms with E-state index >= 15 is 0 Å². The van der Waals surface area contributed by atoms with Crippen molar-refractivity contribution in [3.8, 4) is 11.5 Å². The molecule has 0 saturated heterocycles. The molecule has 0 fully saturated rings. The standard InChI is InChI=1S/C24H18Cl2N2O4S/c1-31-14-11-12-19(32-2)17(13-14)27-21-22(33-15-7-4-3-5-8-15)24(30)28(23(21)29)18-10-6-9-16(25)20(18)26/h3-13,27H,1-2H3. The van der Waals surface area contributed by atoms with Gasteiger partial charge in [-0.05, 0) is 36.4 Å². The number of benzene rings is 3. The Labute approximate surface area is 205 Å². The van der Waals surface area contributed by atoms with Crippen LogP contribution in [0, 0.1) is 0 Å². The number of halogens is 2. The summed E-state index contributed by atoms with van der Waals surface area (Å²) in [5, 5.41) is 3.44. The lowest BCUT2D eigenvalue weighted by Crippen LogP contribution is -2.32. The third kappa shape index (κ3) is 4.53. The summed E-state index contributed by atoms with van der Waals surface area (Å²) in [6.45, 7) is 0. The van der Waals surface area contributed by atoms with Gasteiger partial charge in [-0.3, -0.25) is 9.59 Å². The van der Waals surface area contributed by atoms with Gasteiger partial charge in [0.25, 0.3) is 11.8 Å². The van der Waals surface area contributed by atoms with Crippen molar-refractivity contribution in [2.24, 2.45) is 0 Å². The number of nitrogens with zero attached hydrogens (tertiary/aromatic N) is 1. The molecule has 33 heavy (non-hydrogen) atoms. The summed E-state index contributed by atoms with van der Waals surface area (Å²) >= 11 is 13.7. The molecule has 6 nitrogen and oxygen atoms in total. The molecule has 0 saturated carbocycles. The molecule has 2 amide bonds. The highest BCUT2D eigenvalue weighted by Crippen LogP contribution is 2.42. The van der Waals surface area contributed by atoms with Crippen molar-refractivity contribution in [2.45, 2.75) is 4.90 Å². The van der Waals surface area contributed by atoms with E-state index in [1.54, 1.807) is 36.4 Å². The Bertz CT molecular complexity index is 1260. The summed E-state index contributed by atoms with van der Waals surface area (Å²) in [6, 6.07) is 19.2. The highest BCUT2D eigenvalue weighted by Gasteiger charge is 2.41. The minimum absolute atomic E-state index is 0.0939. The second kappa shape index (κ2) is 9.79. The van der Waals surface area contributed by atoms with Crippen LogP contribution >= 0.6 is 35.0 Å². The van der Waals surface area contributed by atoms with E-state index in [-0.39, 0.29) is 26.3 Å². The fourth-order valence-electron chi connectivity index (χ4n) is 3.25.